The van der Waals surface area contributed by atoms with Crippen LogP contribution in [-0.2, 0) is 4.74 Å². The van der Waals surface area contributed by atoms with Crippen molar-refractivity contribution in [2.45, 2.75) is 6.04 Å². The molecule has 0 bridgehead atoms. The summed E-state index contributed by atoms with van der Waals surface area (Å²) < 4.78 is 4.87. The van der Waals surface area contributed by atoms with Gasteiger partial charge in [-0.1, -0.05) is 0 Å². The molecule has 1 aromatic rings. The summed E-state index contributed by atoms with van der Waals surface area (Å²) in [5.74, 6) is 0. The molecule has 1 rings (SSSR count). The zero-order chi connectivity index (χ0) is 8.10. The third-order valence-corrected chi connectivity index (χ3v) is 1.31. The molecule has 0 aliphatic heterocycles. The zero-order valence-corrected chi connectivity index (χ0v) is 6.40. The van der Waals surface area contributed by atoms with Gasteiger partial charge in [-0.15, -0.1) is 0 Å². The van der Waals surface area contributed by atoms with Crippen LogP contribution < -0.4 is 5.73 Å². The first-order valence-electron chi connectivity index (χ1n) is 3.35. The first-order valence-corrected chi connectivity index (χ1v) is 3.35. The normalized spacial score (nSPS) is 12.9. The Kier molecular flexibility index (Phi) is 2.95. The van der Waals surface area contributed by atoms with Gasteiger partial charge in [0, 0.05) is 19.5 Å². The van der Waals surface area contributed by atoms with Crippen molar-refractivity contribution in [2.24, 2.45) is 5.73 Å². The van der Waals surface area contributed by atoms with E-state index in [1.165, 1.54) is 0 Å². The summed E-state index contributed by atoms with van der Waals surface area (Å²) in [6, 6.07) is -0.173. The highest BCUT2D eigenvalue weighted by molar-refractivity contribution is 5.00. The van der Waals surface area contributed by atoms with Crippen LogP contribution in [0.5, 0.6) is 0 Å². The summed E-state index contributed by atoms with van der Waals surface area (Å²) in [4.78, 5) is 7.92. The molecule has 4 heteroatoms. The van der Waals surface area contributed by atoms with Crippen LogP contribution in [0, 0.1) is 0 Å². The van der Waals surface area contributed by atoms with Gasteiger partial charge in [0.05, 0.1) is 24.5 Å². The molecular weight excluding hydrogens is 142 g/mol. The Hall–Kier alpha value is -1.00. The first kappa shape index (κ1) is 8.10. The lowest BCUT2D eigenvalue weighted by atomic mass is 10.2. The van der Waals surface area contributed by atoms with Crippen molar-refractivity contribution < 1.29 is 4.74 Å². The second-order valence-electron chi connectivity index (χ2n) is 2.19. The molecule has 1 heterocycles. The molecule has 0 fully saturated rings. The molecule has 0 unspecified atom stereocenters. The number of hydrogen-bond donors (Lipinski definition) is 1. The first-order chi connectivity index (χ1) is 5.34. The van der Waals surface area contributed by atoms with Gasteiger partial charge in [-0.25, -0.2) is 0 Å². The van der Waals surface area contributed by atoms with Crippen LogP contribution in [-0.4, -0.2) is 23.7 Å². The Bertz CT molecular complexity index is 202. The van der Waals surface area contributed by atoms with E-state index >= 15 is 0 Å². The van der Waals surface area contributed by atoms with Gasteiger partial charge in [-0.2, -0.15) is 0 Å². The molecule has 11 heavy (non-hydrogen) atoms. The largest absolute Gasteiger partial charge is 0.383 e. The lowest BCUT2D eigenvalue weighted by Gasteiger charge is -2.07. The standard InChI is InChI=1S/C7H11N3O/c1-11-5-6(8)7-4-9-2-3-10-7/h2-4,6H,5,8H2,1H3/t6-/m0/s1. The number of hydrogen-bond acceptors (Lipinski definition) is 4. The molecule has 0 saturated carbocycles. The lowest BCUT2D eigenvalue weighted by Crippen LogP contribution is -2.17. The number of nitrogens with two attached hydrogens (primary N) is 1. The van der Waals surface area contributed by atoms with Crippen molar-refractivity contribution in [2.75, 3.05) is 13.7 Å². The maximum Gasteiger partial charge on any atom is 0.0777 e. The summed E-state index contributed by atoms with van der Waals surface area (Å²) >= 11 is 0. The molecule has 4 nitrogen and oxygen atoms in total. The zero-order valence-electron chi connectivity index (χ0n) is 6.40. The Morgan fingerprint density at radius 3 is 3.00 bits per heavy atom. The van der Waals surface area contributed by atoms with Crippen LogP contribution in [0.3, 0.4) is 0 Å². The molecule has 1 aromatic heterocycles. The Morgan fingerprint density at radius 2 is 2.45 bits per heavy atom. The minimum Gasteiger partial charge on any atom is -0.383 e. The number of nitrogens with zero attached hydrogens (tertiary/aromatic N) is 2. The molecule has 0 saturated heterocycles. The van der Waals surface area contributed by atoms with Crippen molar-refractivity contribution in [3.05, 3.63) is 24.3 Å². The minimum atomic E-state index is -0.173. The van der Waals surface area contributed by atoms with Crippen LogP contribution in [0.25, 0.3) is 0 Å². The minimum absolute atomic E-state index is 0.173. The fourth-order valence-corrected chi connectivity index (χ4v) is 0.767. The summed E-state index contributed by atoms with van der Waals surface area (Å²) in [5, 5.41) is 0. The molecule has 1 atom stereocenters. The van der Waals surface area contributed by atoms with Gasteiger partial charge >= 0.3 is 0 Å². The predicted molar refractivity (Wildman–Crippen MR) is 40.8 cm³/mol. The van der Waals surface area contributed by atoms with Gasteiger partial charge in [0.15, 0.2) is 0 Å². The van der Waals surface area contributed by atoms with Crippen molar-refractivity contribution in [1.29, 1.82) is 0 Å². The van der Waals surface area contributed by atoms with Gasteiger partial charge in [0.25, 0.3) is 0 Å². The van der Waals surface area contributed by atoms with E-state index in [2.05, 4.69) is 9.97 Å². The highest BCUT2D eigenvalue weighted by Crippen LogP contribution is 2.03. The fourth-order valence-electron chi connectivity index (χ4n) is 0.767. The van der Waals surface area contributed by atoms with Crippen LogP contribution in [0.2, 0.25) is 0 Å². The van der Waals surface area contributed by atoms with Crippen LogP contribution in [0.15, 0.2) is 18.6 Å². The topological polar surface area (TPSA) is 61.0 Å². The highest BCUT2D eigenvalue weighted by Gasteiger charge is 2.04. The Labute approximate surface area is 65.4 Å². The molecular formula is C7H11N3O. The van der Waals surface area contributed by atoms with Crippen LogP contribution in [0.4, 0.5) is 0 Å². The Morgan fingerprint density at radius 1 is 1.64 bits per heavy atom. The predicted octanol–water partition coefficient (Wildman–Crippen LogP) is 0.123. The van der Waals surface area contributed by atoms with Crippen molar-refractivity contribution >= 4 is 0 Å². The second-order valence-corrected chi connectivity index (χ2v) is 2.19. The maximum absolute atomic E-state index is 5.68. The van der Waals surface area contributed by atoms with Gasteiger partial charge in [0.2, 0.25) is 0 Å². The van der Waals surface area contributed by atoms with Crippen molar-refractivity contribution in [1.82, 2.24) is 9.97 Å². The quantitative estimate of drug-likeness (QED) is 0.670. The van der Waals surface area contributed by atoms with Gasteiger partial charge in [0.1, 0.15) is 0 Å². The molecule has 60 valence electrons. The summed E-state index contributed by atoms with van der Waals surface area (Å²) in [6.45, 7) is 0.471. The third kappa shape index (κ3) is 2.25. The smallest absolute Gasteiger partial charge is 0.0777 e. The van der Waals surface area contributed by atoms with E-state index < -0.39 is 0 Å². The van der Waals surface area contributed by atoms with E-state index in [-0.39, 0.29) is 6.04 Å². The molecule has 0 aromatic carbocycles. The van der Waals surface area contributed by atoms with E-state index in [0.29, 0.717) is 6.61 Å². The van der Waals surface area contributed by atoms with E-state index in [1.54, 1.807) is 25.7 Å². The number of aromatic nitrogens is 2. The maximum atomic E-state index is 5.68. The molecule has 0 spiro atoms. The SMILES string of the molecule is COC[C@H](N)c1cnccn1. The van der Waals surface area contributed by atoms with E-state index in [0.717, 1.165) is 5.69 Å². The van der Waals surface area contributed by atoms with E-state index in [1.807, 2.05) is 0 Å². The molecule has 2 N–H and O–H groups in total. The third-order valence-electron chi connectivity index (χ3n) is 1.31. The van der Waals surface area contributed by atoms with E-state index in [4.69, 9.17) is 10.5 Å². The van der Waals surface area contributed by atoms with Crippen LogP contribution in [0.1, 0.15) is 11.7 Å². The van der Waals surface area contributed by atoms with E-state index in [9.17, 15) is 0 Å². The molecule has 0 amide bonds. The Balaban J connectivity index is 2.61. The van der Waals surface area contributed by atoms with Crippen molar-refractivity contribution in [3.63, 3.8) is 0 Å². The van der Waals surface area contributed by atoms with Gasteiger partial charge in [-0.05, 0) is 0 Å². The molecule has 0 aliphatic carbocycles. The molecule has 0 aliphatic rings. The van der Waals surface area contributed by atoms with Crippen LogP contribution >= 0.6 is 0 Å². The lowest BCUT2D eigenvalue weighted by molar-refractivity contribution is 0.179. The fraction of sp³-hybridized carbons (Fsp3) is 0.429. The number of methoxy groups -OCH3 is 1. The number of rotatable bonds is 3. The monoisotopic (exact) mass is 153 g/mol. The molecule has 0 radical (unpaired) electrons. The highest BCUT2D eigenvalue weighted by atomic mass is 16.5. The number of ether oxygens (including phenoxy) is 1. The van der Waals surface area contributed by atoms with Crippen molar-refractivity contribution in [3.8, 4) is 0 Å². The average molecular weight is 153 g/mol. The summed E-state index contributed by atoms with van der Waals surface area (Å²) in [6.07, 6.45) is 4.87. The average Bonchev–Trinajstić information content (AvgIpc) is 2.07. The van der Waals surface area contributed by atoms with Gasteiger partial charge < -0.3 is 10.5 Å². The van der Waals surface area contributed by atoms with Gasteiger partial charge in [-0.3, -0.25) is 9.97 Å². The second kappa shape index (κ2) is 4.00. The summed E-state index contributed by atoms with van der Waals surface area (Å²) in [7, 11) is 1.61. The summed E-state index contributed by atoms with van der Waals surface area (Å²) in [5.41, 5.74) is 6.44.